The number of imidazole rings is 2. The fraction of sp³-hybridized carbons (Fsp3) is 0.364. The van der Waals surface area contributed by atoms with Crippen LogP contribution in [0.2, 0.25) is 0 Å². The molecule has 0 bridgehead atoms. The van der Waals surface area contributed by atoms with Crippen molar-refractivity contribution in [2.75, 3.05) is 0 Å². The van der Waals surface area contributed by atoms with Crippen molar-refractivity contribution < 1.29 is 4.57 Å². The van der Waals surface area contributed by atoms with Crippen LogP contribution in [0, 0.1) is 6.92 Å². The Bertz CT molecular complexity index is 1080. The lowest BCUT2D eigenvalue weighted by Gasteiger charge is -2.10. The van der Waals surface area contributed by atoms with Crippen molar-refractivity contribution in [3.8, 4) is 0 Å². The molecule has 2 N–H and O–H groups in total. The van der Waals surface area contributed by atoms with Crippen molar-refractivity contribution in [2.45, 2.75) is 53.0 Å². The fourth-order valence-electron chi connectivity index (χ4n) is 3.82. The van der Waals surface area contributed by atoms with Crippen LogP contribution in [0.25, 0.3) is 22.1 Å². The largest absolute Gasteiger partial charge is 0.345 e. The maximum atomic E-state index is 4.56. The summed E-state index contributed by atoms with van der Waals surface area (Å²) < 4.78 is 2.30. The van der Waals surface area contributed by atoms with E-state index < -0.39 is 0 Å². The first-order valence-electron chi connectivity index (χ1n) is 9.41. The van der Waals surface area contributed by atoms with Crippen molar-refractivity contribution >= 4 is 22.1 Å². The molecule has 0 spiro atoms. The molecule has 2 aromatic carbocycles. The second-order valence-corrected chi connectivity index (χ2v) is 7.92. The molecule has 0 atom stereocenters. The average molecular weight is 347 g/mol. The molecule has 4 heteroatoms. The summed E-state index contributed by atoms with van der Waals surface area (Å²) in [6, 6.07) is 9.11. The van der Waals surface area contributed by atoms with Crippen molar-refractivity contribution in [1.29, 1.82) is 0 Å². The highest BCUT2D eigenvalue weighted by molar-refractivity contribution is 5.79. The van der Waals surface area contributed by atoms with Gasteiger partial charge in [-0.1, -0.05) is 27.7 Å². The van der Waals surface area contributed by atoms with Gasteiger partial charge in [-0.25, -0.2) is 14.5 Å². The standard InChI is InChI=1S/C22H26N4/c1-13(2)16-7-17(22-20(8-16)23-11-24-22)10-26-12-25-19-6-15(5)18(14(3)4)9-21(19)26/h6-9,11-14H,10H2,1-5H3,(H,23,24)/p+1. The number of aromatic nitrogens is 4. The number of rotatable bonds is 4. The average Bonchev–Trinajstić information content (AvgIpc) is 3.20. The summed E-state index contributed by atoms with van der Waals surface area (Å²) in [6.07, 6.45) is 3.87. The van der Waals surface area contributed by atoms with E-state index >= 15 is 0 Å². The second kappa shape index (κ2) is 6.27. The smallest absolute Gasteiger partial charge is 0.242 e. The van der Waals surface area contributed by atoms with Gasteiger partial charge in [0.15, 0.2) is 11.0 Å². The molecule has 4 nitrogen and oxygen atoms in total. The highest BCUT2D eigenvalue weighted by Gasteiger charge is 2.17. The zero-order valence-electron chi connectivity index (χ0n) is 16.2. The quantitative estimate of drug-likeness (QED) is 0.505. The molecule has 0 saturated carbocycles. The maximum Gasteiger partial charge on any atom is 0.242 e. The minimum absolute atomic E-state index is 0.490. The number of nitrogens with zero attached hydrogens (tertiary/aromatic N) is 2. The minimum atomic E-state index is 0.490. The summed E-state index contributed by atoms with van der Waals surface area (Å²) >= 11 is 0. The molecule has 0 radical (unpaired) electrons. The van der Waals surface area contributed by atoms with Crippen molar-refractivity contribution in [3.05, 3.63) is 59.2 Å². The summed E-state index contributed by atoms with van der Waals surface area (Å²) in [5.41, 5.74) is 9.96. The number of aryl methyl sites for hydroxylation is 1. The van der Waals surface area contributed by atoms with E-state index in [2.05, 4.69) is 84.7 Å². The Balaban J connectivity index is 1.84. The predicted molar refractivity (Wildman–Crippen MR) is 107 cm³/mol. The Morgan fingerprint density at radius 2 is 1.77 bits per heavy atom. The topological polar surface area (TPSA) is 48.3 Å². The Kier molecular flexibility index (Phi) is 4.06. The predicted octanol–water partition coefficient (Wildman–Crippen LogP) is 4.94. The van der Waals surface area contributed by atoms with Crippen molar-refractivity contribution in [3.63, 3.8) is 0 Å². The first kappa shape index (κ1) is 16.8. The molecule has 0 aliphatic heterocycles. The number of H-pyrrole nitrogens is 2. The molecule has 0 aliphatic rings. The molecule has 26 heavy (non-hydrogen) atoms. The van der Waals surface area contributed by atoms with E-state index in [4.69, 9.17) is 0 Å². The summed E-state index contributed by atoms with van der Waals surface area (Å²) in [4.78, 5) is 11.3. The van der Waals surface area contributed by atoms with Crippen molar-refractivity contribution in [2.24, 2.45) is 0 Å². The Morgan fingerprint density at radius 3 is 2.50 bits per heavy atom. The summed E-state index contributed by atoms with van der Waals surface area (Å²) in [6.45, 7) is 12.0. The van der Waals surface area contributed by atoms with Crippen molar-refractivity contribution in [1.82, 2.24) is 15.0 Å². The summed E-state index contributed by atoms with van der Waals surface area (Å²) in [5, 5.41) is 0. The van der Waals surface area contributed by atoms with Crippen LogP contribution >= 0.6 is 0 Å². The van der Waals surface area contributed by atoms with E-state index in [-0.39, 0.29) is 0 Å². The zero-order valence-corrected chi connectivity index (χ0v) is 16.2. The first-order chi connectivity index (χ1) is 12.4. The SMILES string of the molecule is Cc1cc2[nH]c[n+](Cc3cc(C(C)C)cc4[nH]cnc34)c2cc1C(C)C. The second-order valence-electron chi connectivity index (χ2n) is 7.92. The third kappa shape index (κ3) is 2.79. The normalized spacial score (nSPS) is 12.1. The molecular formula is C22H27N4+. The van der Waals surface area contributed by atoms with E-state index in [0.29, 0.717) is 11.8 Å². The van der Waals surface area contributed by atoms with Gasteiger partial charge in [-0.05, 0) is 59.7 Å². The minimum Gasteiger partial charge on any atom is -0.345 e. The van der Waals surface area contributed by atoms with Crippen LogP contribution in [0.1, 0.15) is 61.8 Å². The molecule has 2 aromatic heterocycles. The van der Waals surface area contributed by atoms with Gasteiger partial charge < -0.3 is 4.98 Å². The van der Waals surface area contributed by atoms with E-state index in [1.54, 1.807) is 6.33 Å². The van der Waals surface area contributed by atoms with Gasteiger partial charge in [-0.2, -0.15) is 0 Å². The number of aromatic amines is 2. The van der Waals surface area contributed by atoms with Gasteiger partial charge in [-0.3, -0.25) is 0 Å². The van der Waals surface area contributed by atoms with E-state index in [0.717, 1.165) is 17.6 Å². The third-order valence-corrected chi connectivity index (χ3v) is 5.32. The van der Waals surface area contributed by atoms with Gasteiger partial charge >= 0.3 is 0 Å². The maximum absolute atomic E-state index is 4.56. The number of benzene rings is 2. The van der Waals surface area contributed by atoms with E-state index in [9.17, 15) is 0 Å². The summed E-state index contributed by atoms with van der Waals surface area (Å²) in [5.74, 6) is 1.01. The molecule has 0 aliphatic carbocycles. The molecule has 2 heterocycles. The zero-order chi connectivity index (χ0) is 18.4. The Labute approximate surface area is 154 Å². The highest BCUT2D eigenvalue weighted by Crippen LogP contribution is 2.25. The lowest BCUT2D eigenvalue weighted by Crippen LogP contribution is -2.32. The van der Waals surface area contributed by atoms with Gasteiger partial charge in [0.1, 0.15) is 6.54 Å². The number of nitrogens with one attached hydrogen (secondary N) is 2. The van der Waals surface area contributed by atoms with Crippen LogP contribution in [0.5, 0.6) is 0 Å². The molecule has 4 aromatic rings. The van der Waals surface area contributed by atoms with Gasteiger partial charge in [-0.15, -0.1) is 0 Å². The monoisotopic (exact) mass is 347 g/mol. The fourth-order valence-corrected chi connectivity index (χ4v) is 3.82. The first-order valence-corrected chi connectivity index (χ1v) is 9.41. The lowest BCUT2D eigenvalue weighted by molar-refractivity contribution is -0.662. The van der Waals surface area contributed by atoms with Gasteiger partial charge in [0.2, 0.25) is 6.33 Å². The Hall–Kier alpha value is -2.62. The molecule has 0 unspecified atom stereocenters. The molecule has 0 fully saturated rings. The van der Waals surface area contributed by atoms with Crippen LogP contribution < -0.4 is 4.57 Å². The highest BCUT2D eigenvalue weighted by atomic mass is 15.0. The molecule has 134 valence electrons. The van der Waals surface area contributed by atoms with Crippen LogP contribution in [-0.4, -0.2) is 15.0 Å². The number of fused-ring (bicyclic) bond motifs is 2. The molecule has 0 saturated heterocycles. The third-order valence-electron chi connectivity index (χ3n) is 5.32. The lowest BCUT2D eigenvalue weighted by atomic mass is 9.97. The molecule has 4 rings (SSSR count). The number of hydrogen-bond acceptors (Lipinski definition) is 1. The molecule has 0 amide bonds. The Morgan fingerprint density at radius 1 is 0.962 bits per heavy atom. The van der Waals surface area contributed by atoms with Crippen LogP contribution in [-0.2, 0) is 6.54 Å². The number of hydrogen-bond donors (Lipinski definition) is 2. The van der Waals surface area contributed by atoms with E-state index in [1.165, 1.54) is 33.3 Å². The van der Waals surface area contributed by atoms with E-state index in [1.807, 2.05) is 0 Å². The van der Waals surface area contributed by atoms with Gasteiger partial charge in [0.25, 0.3) is 0 Å². The van der Waals surface area contributed by atoms with Crippen LogP contribution in [0.4, 0.5) is 0 Å². The molecular weight excluding hydrogens is 320 g/mol. The van der Waals surface area contributed by atoms with Gasteiger partial charge in [0, 0.05) is 5.56 Å². The van der Waals surface area contributed by atoms with Crippen LogP contribution in [0.3, 0.4) is 0 Å². The van der Waals surface area contributed by atoms with Crippen LogP contribution in [0.15, 0.2) is 36.9 Å². The van der Waals surface area contributed by atoms with Gasteiger partial charge in [0.05, 0.1) is 17.4 Å². The summed E-state index contributed by atoms with van der Waals surface area (Å²) in [7, 11) is 0.